The van der Waals surface area contributed by atoms with E-state index in [-0.39, 0.29) is 5.41 Å². The molecule has 0 aromatic carbocycles. The van der Waals surface area contributed by atoms with Gasteiger partial charge >= 0.3 is 0 Å². The van der Waals surface area contributed by atoms with Crippen LogP contribution in [0.15, 0.2) is 0 Å². The number of nitrogens with one attached hydrogen (secondary N) is 1. The van der Waals surface area contributed by atoms with Crippen LogP contribution in [-0.2, 0) is 13.5 Å². The highest BCUT2D eigenvalue weighted by Gasteiger charge is 2.14. The van der Waals surface area contributed by atoms with Crippen LogP contribution in [0.4, 0.5) is 0 Å². The Bertz CT molecular complexity index is 316. The van der Waals surface area contributed by atoms with E-state index in [1.165, 1.54) is 0 Å². The van der Waals surface area contributed by atoms with Gasteiger partial charge in [0.25, 0.3) is 0 Å². The van der Waals surface area contributed by atoms with E-state index in [0.717, 1.165) is 12.2 Å². The van der Waals surface area contributed by atoms with Crippen LogP contribution in [-0.4, -0.2) is 14.8 Å². The van der Waals surface area contributed by atoms with E-state index >= 15 is 0 Å². The van der Waals surface area contributed by atoms with E-state index in [2.05, 4.69) is 31.0 Å². The van der Waals surface area contributed by atoms with E-state index < -0.39 is 0 Å². The first-order chi connectivity index (χ1) is 5.40. The van der Waals surface area contributed by atoms with Gasteiger partial charge in [0.2, 0.25) is 0 Å². The largest absolute Gasteiger partial charge is 0.307 e. The maximum absolute atomic E-state index is 5.01. The summed E-state index contributed by atoms with van der Waals surface area (Å²) in [5, 5.41) is 6.92. The summed E-state index contributed by atoms with van der Waals surface area (Å²) in [6.07, 6.45) is 0.941. The molecule has 68 valence electrons. The summed E-state index contributed by atoms with van der Waals surface area (Å²) in [7, 11) is 1.94. The van der Waals surface area contributed by atoms with Crippen molar-refractivity contribution >= 4 is 12.2 Å². The van der Waals surface area contributed by atoms with Crippen LogP contribution in [0.3, 0.4) is 0 Å². The predicted octanol–water partition coefficient (Wildman–Crippen LogP) is 2.07. The minimum absolute atomic E-state index is 0.259. The van der Waals surface area contributed by atoms with Crippen molar-refractivity contribution in [2.75, 3.05) is 0 Å². The molecular weight excluding hydrogens is 170 g/mol. The zero-order chi connectivity index (χ0) is 9.35. The van der Waals surface area contributed by atoms with Crippen LogP contribution < -0.4 is 0 Å². The lowest BCUT2D eigenvalue weighted by Gasteiger charge is -2.16. The van der Waals surface area contributed by atoms with Crippen LogP contribution in [0.25, 0.3) is 0 Å². The Morgan fingerprint density at radius 3 is 2.42 bits per heavy atom. The average Bonchev–Trinajstić information content (AvgIpc) is 2.16. The molecule has 0 aliphatic heterocycles. The lowest BCUT2D eigenvalue weighted by atomic mass is 9.92. The quantitative estimate of drug-likeness (QED) is 0.679. The lowest BCUT2D eigenvalue weighted by molar-refractivity contribution is 0.395. The third-order valence-electron chi connectivity index (χ3n) is 1.66. The number of H-pyrrole nitrogens is 1. The Morgan fingerprint density at radius 1 is 1.50 bits per heavy atom. The van der Waals surface area contributed by atoms with Crippen molar-refractivity contribution in [3.8, 4) is 0 Å². The van der Waals surface area contributed by atoms with E-state index in [1.807, 2.05) is 11.6 Å². The summed E-state index contributed by atoms with van der Waals surface area (Å²) in [6.45, 7) is 6.56. The zero-order valence-electron chi connectivity index (χ0n) is 8.01. The summed E-state index contributed by atoms with van der Waals surface area (Å²) >= 11 is 5.01. The van der Waals surface area contributed by atoms with Crippen molar-refractivity contribution in [2.24, 2.45) is 12.5 Å². The Morgan fingerprint density at radius 2 is 2.08 bits per heavy atom. The molecule has 1 heterocycles. The molecule has 0 aliphatic carbocycles. The second-order valence-corrected chi connectivity index (χ2v) is 4.63. The lowest BCUT2D eigenvalue weighted by Crippen LogP contribution is -2.13. The highest BCUT2D eigenvalue weighted by atomic mass is 32.1. The minimum atomic E-state index is 0.259. The Labute approximate surface area is 77.8 Å². The molecule has 1 aromatic rings. The number of aromatic amines is 1. The monoisotopic (exact) mass is 185 g/mol. The third kappa shape index (κ3) is 2.17. The van der Waals surface area contributed by atoms with E-state index in [0.29, 0.717) is 4.77 Å². The maximum Gasteiger partial charge on any atom is 0.194 e. The van der Waals surface area contributed by atoms with Crippen molar-refractivity contribution in [1.82, 2.24) is 14.8 Å². The Kier molecular flexibility index (Phi) is 2.37. The number of rotatable bonds is 1. The van der Waals surface area contributed by atoms with Crippen molar-refractivity contribution in [3.05, 3.63) is 10.6 Å². The number of aromatic nitrogens is 3. The molecule has 0 fully saturated rings. The highest BCUT2D eigenvalue weighted by Crippen LogP contribution is 2.18. The summed E-state index contributed by atoms with van der Waals surface area (Å²) in [5.74, 6) is 1.02. The fourth-order valence-corrected chi connectivity index (χ4v) is 1.16. The molecule has 0 aliphatic rings. The van der Waals surface area contributed by atoms with Gasteiger partial charge in [0.15, 0.2) is 4.77 Å². The van der Waals surface area contributed by atoms with Crippen molar-refractivity contribution in [2.45, 2.75) is 27.2 Å². The number of nitrogens with zero attached hydrogens (tertiary/aromatic N) is 2. The first-order valence-electron chi connectivity index (χ1n) is 4.00. The zero-order valence-corrected chi connectivity index (χ0v) is 8.83. The van der Waals surface area contributed by atoms with E-state index in [9.17, 15) is 0 Å². The van der Waals surface area contributed by atoms with Crippen molar-refractivity contribution < 1.29 is 0 Å². The fourth-order valence-electron chi connectivity index (χ4n) is 1.01. The molecule has 0 radical (unpaired) electrons. The normalized spacial score (nSPS) is 12.0. The van der Waals surface area contributed by atoms with Crippen molar-refractivity contribution in [1.29, 1.82) is 0 Å². The molecule has 0 saturated heterocycles. The third-order valence-corrected chi connectivity index (χ3v) is 2.03. The molecular formula is C8H15N3S. The van der Waals surface area contributed by atoms with Crippen LogP contribution in [0.5, 0.6) is 0 Å². The molecule has 1 N–H and O–H groups in total. The second kappa shape index (κ2) is 3.01. The van der Waals surface area contributed by atoms with E-state index in [4.69, 9.17) is 12.2 Å². The van der Waals surface area contributed by atoms with Crippen LogP contribution >= 0.6 is 12.2 Å². The molecule has 1 aromatic heterocycles. The predicted molar refractivity (Wildman–Crippen MR) is 51.6 cm³/mol. The second-order valence-electron chi connectivity index (χ2n) is 4.24. The number of hydrogen-bond donors (Lipinski definition) is 1. The van der Waals surface area contributed by atoms with Gasteiger partial charge in [-0.25, -0.2) is 0 Å². The standard InChI is InChI=1S/C8H15N3S/c1-8(2,3)5-6-9-10-7(12)11(6)4/h5H2,1-4H3,(H,10,12). The molecule has 3 nitrogen and oxygen atoms in total. The van der Waals surface area contributed by atoms with Gasteiger partial charge in [0.05, 0.1) is 0 Å². The summed E-state index contributed by atoms with van der Waals surface area (Å²) in [6, 6.07) is 0. The van der Waals surface area contributed by atoms with Gasteiger partial charge in [-0.1, -0.05) is 20.8 Å². The van der Waals surface area contributed by atoms with Gasteiger partial charge in [0.1, 0.15) is 5.82 Å². The van der Waals surface area contributed by atoms with E-state index in [1.54, 1.807) is 0 Å². The van der Waals surface area contributed by atoms with Gasteiger partial charge in [-0.3, -0.25) is 5.10 Å². The highest BCUT2D eigenvalue weighted by molar-refractivity contribution is 7.71. The van der Waals surface area contributed by atoms with Gasteiger partial charge in [-0.15, -0.1) is 0 Å². The van der Waals surface area contributed by atoms with Crippen LogP contribution in [0, 0.1) is 10.2 Å². The van der Waals surface area contributed by atoms with Gasteiger partial charge < -0.3 is 4.57 Å². The average molecular weight is 185 g/mol. The minimum Gasteiger partial charge on any atom is -0.307 e. The molecule has 0 atom stereocenters. The van der Waals surface area contributed by atoms with Crippen molar-refractivity contribution in [3.63, 3.8) is 0 Å². The van der Waals surface area contributed by atoms with Gasteiger partial charge in [-0.05, 0) is 17.6 Å². The molecule has 0 spiro atoms. The first-order valence-corrected chi connectivity index (χ1v) is 4.41. The summed E-state index contributed by atoms with van der Waals surface area (Å²) in [5.41, 5.74) is 0.259. The molecule has 1 rings (SSSR count). The maximum atomic E-state index is 5.01. The van der Waals surface area contributed by atoms with Gasteiger partial charge in [-0.2, -0.15) is 5.10 Å². The number of hydrogen-bond acceptors (Lipinski definition) is 2. The Balaban J connectivity index is 2.91. The SMILES string of the molecule is Cn1c(CC(C)(C)C)n[nH]c1=S. The smallest absolute Gasteiger partial charge is 0.194 e. The fraction of sp³-hybridized carbons (Fsp3) is 0.750. The topological polar surface area (TPSA) is 33.6 Å². The van der Waals surface area contributed by atoms with Gasteiger partial charge in [0, 0.05) is 13.5 Å². The van der Waals surface area contributed by atoms with Crippen LogP contribution in [0.2, 0.25) is 0 Å². The Hall–Kier alpha value is -0.640. The van der Waals surface area contributed by atoms with Crippen LogP contribution in [0.1, 0.15) is 26.6 Å². The molecule has 12 heavy (non-hydrogen) atoms. The molecule has 0 bridgehead atoms. The molecule has 4 heteroatoms. The molecule has 0 amide bonds. The molecule has 0 unspecified atom stereocenters. The summed E-state index contributed by atoms with van der Waals surface area (Å²) < 4.78 is 2.61. The molecule has 0 saturated carbocycles. The first kappa shape index (κ1) is 9.45. The summed E-state index contributed by atoms with van der Waals surface area (Å²) in [4.78, 5) is 0.